The van der Waals surface area contributed by atoms with E-state index in [2.05, 4.69) is 27.9 Å². The van der Waals surface area contributed by atoms with Crippen molar-refractivity contribution in [2.24, 2.45) is 5.92 Å². The second kappa shape index (κ2) is 2.54. The van der Waals surface area contributed by atoms with Gasteiger partial charge in [-0.05, 0) is 26.7 Å². The van der Waals surface area contributed by atoms with Gasteiger partial charge in [-0.25, -0.2) is 0 Å². The first-order valence-corrected chi connectivity index (χ1v) is 4.40. The molecule has 1 fully saturated rings. The van der Waals surface area contributed by atoms with Crippen LogP contribution in [-0.4, -0.2) is 31.2 Å². The Kier molecular flexibility index (Phi) is 2.04. The van der Waals surface area contributed by atoms with E-state index in [0.29, 0.717) is 0 Å². The zero-order chi connectivity index (χ0) is 7.78. The average Bonchev–Trinajstić information content (AvgIpc) is 2.68. The van der Waals surface area contributed by atoms with Crippen molar-refractivity contribution in [3.05, 3.63) is 0 Å². The van der Waals surface area contributed by atoms with E-state index < -0.39 is 0 Å². The molecule has 1 unspecified atom stereocenters. The first kappa shape index (κ1) is 8.06. The molecular weight excluding hydrogens is 122 g/mol. The number of rotatable bonds is 3. The minimum Gasteiger partial charge on any atom is -0.326 e. The van der Waals surface area contributed by atoms with Crippen molar-refractivity contribution in [1.82, 2.24) is 0 Å². The molecule has 1 atom stereocenters. The van der Waals surface area contributed by atoms with E-state index in [-0.39, 0.29) is 0 Å². The molecule has 0 aromatic heterocycles. The molecular formula is C9H20N+. The van der Waals surface area contributed by atoms with Gasteiger partial charge in [0, 0.05) is 5.92 Å². The van der Waals surface area contributed by atoms with Gasteiger partial charge >= 0.3 is 0 Å². The molecule has 0 aromatic rings. The molecule has 1 nitrogen and oxygen atoms in total. The number of nitrogens with zero attached hydrogens (tertiary/aromatic N) is 1. The second-order valence-corrected chi connectivity index (χ2v) is 4.17. The van der Waals surface area contributed by atoms with Crippen LogP contribution < -0.4 is 0 Å². The third-order valence-corrected chi connectivity index (χ3v) is 3.22. The van der Waals surface area contributed by atoms with Gasteiger partial charge in [0.25, 0.3) is 0 Å². The van der Waals surface area contributed by atoms with Crippen molar-refractivity contribution >= 4 is 0 Å². The zero-order valence-electron chi connectivity index (χ0n) is 7.72. The summed E-state index contributed by atoms with van der Waals surface area (Å²) >= 11 is 0. The molecule has 0 aromatic carbocycles. The standard InChI is InChI=1S/C9H20N/c1-5-10(3,4)8(2)9-6-7-9/h8-9H,5-7H2,1-4H3/q+1. The third-order valence-electron chi connectivity index (χ3n) is 3.22. The van der Waals surface area contributed by atoms with Gasteiger partial charge in [0.15, 0.2) is 0 Å². The largest absolute Gasteiger partial charge is 0.326 e. The summed E-state index contributed by atoms with van der Waals surface area (Å²) in [4.78, 5) is 0. The molecule has 0 radical (unpaired) electrons. The van der Waals surface area contributed by atoms with Crippen LogP contribution in [0.4, 0.5) is 0 Å². The van der Waals surface area contributed by atoms with Gasteiger partial charge in [-0.2, -0.15) is 0 Å². The highest BCUT2D eigenvalue weighted by Gasteiger charge is 2.37. The van der Waals surface area contributed by atoms with Crippen LogP contribution in [0.15, 0.2) is 0 Å². The Morgan fingerprint density at radius 3 is 2.20 bits per heavy atom. The minimum absolute atomic E-state index is 0.880. The van der Waals surface area contributed by atoms with Crippen LogP contribution in [0.5, 0.6) is 0 Å². The predicted molar refractivity (Wildman–Crippen MR) is 44.8 cm³/mol. The van der Waals surface area contributed by atoms with E-state index in [1.54, 1.807) is 0 Å². The molecule has 10 heavy (non-hydrogen) atoms. The molecule has 0 N–H and O–H groups in total. The molecule has 0 bridgehead atoms. The van der Waals surface area contributed by atoms with Gasteiger partial charge in [-0.15, -0.1) is 0 Å². The molecule has 0 saturated heterocycles. The van der Waals surface area contributed by atoms with Gasteiger partial charge in [0.2, 0.25) is 0 Å². The summed E-state index contributed by atoms with van der Waals surface area (Å²) in [6.45, 7) is 5.93. The SMILES string of the molecule is CC[N+](C)(C)C(C)C1CC1. The van der Waals surface area contributed by atoms with Crippen molar-refractivity contribution in [3.8, 4) is 0 Å². The van der Waals surface area contributed by atoms with Crippen molar-refractivity contribution in [1.29, 1.82) is 0 Å². The first-order valence-electron chi connectivity index (χ1n) is 4.40. The van der Waals surface area contributed by atoms with Crippen LogP contribution in [0.2, 0.25) is 0 Å². The molecule has 60 valence electrons. The maximum Gasteiger partial charge on any atom is 0.0886 e. The van der Waals surface area contributed by atoms with Crippen LogP contribution in [-0.2, 0) is 0 Å². The topological polar surface area (TPSA) is 0 Å². The molecule has 1 heteroatoms. The second-order valence-electron chi connectivity index (χ2n) is 4.17. The van der Waals surface area contributed by atoms with Crippen molar-refractivity contribution < 1.29 is 4.48 Å². The van der Waals surface area contributed by atoms with E-state index in [9.17, 15) is 0 Å². The van der Waals surface area contributed by atoms with E-state index >= 15 is 0 Å². The monoisotopic (exact) mass is 142 g/mol. The van der Waals surface area contributed by atoms with E-state index in [1.807, 2.05) is 0 Å². The quantitative estimate of drug-likeness (QED) is 0.528. The minimum atomic E-state index is 0.880. The number of hydrogen-bond donors (Lipinski definition) is 0. The summed E-state index contributed by atoms with van der Waals surface area (Å²) in [5.74, 6) is 1.04. The van der Waals surface area contributed by atoms with Gasteiger partial charge in [-0.1, -0.05) is 0 Å². The van der Waals surface area contributed by atoms with Gasteiger partial charge in [-0.3, -0.25) is 0 Å². The fraction of sp³-hybridized carbons (Fsp3) is 1.00. The summed E-state index contributed by atoms with van der Waals surface area (Å²) in [5, 5.41) is 0. The van der Waals surface area contributed by atoms with E-state index in [1.165, 1.54) is 23.9 Å². The summed E-state index contributed by atoms with van der Waals surface area (Å²) in [6, 6.07) is 0.880. The molecule has 0 heterocycles. The Labute approximate surface area is 64.6 Å². The molecule has 0 aliphatic heterocycles. The lowest BCUT2D eigenvalue weighted by Gasteiger charge is -2.35. The van der Waals surface area contributed by atoms with Crippen LogP contribution in [0, 0.1) is 5.92 Å². The Bertz CT molecular complexity index is 114. The first-order chi connectivity index (χ1) is 4.58. The number of hydrogen-bond acceptors (Lipinski definition) is 0. The predicted octanol–water partition coefficient (Wildman–Crippen LogP) is 1.88. The van der Waals surface area contributed by atoms with E-state index in [0.717, 1.165) is 12.0 Å². The van der Waals surface area contributed by atoms with Crippen LogP contribution in [0.3, 0.4) is 0 Å². The molecule has 1 aliphatic carbocycles. The lowest BCUT2D eigenvalue weighted by atomic mass is 10.1. The summed E-state index contributed by atoms with van der Waals surface area (Å²) in [6.07, 6.45) is 2.95. The Morgan fingerprint density at radius 2 is 1.90 bits per heavy atom. The fourth-order valence-electron chi connectivity index (χ4n) is 1.44. The molecule has 0 amide bonds. The lowest BCUT2D eigenvalue weighted by molar-refractivity contribution is -0.913. The summed E-state index contributed by atoms with van der Waals surface area (Å²) < 4.78 is 1.20. The fourth-order valence-corrected chi connectivity index (χ4v) is 1.44. The van der Waals surface area contributed by atoms with Crippen LogP contribution >= 0.6 is 0 Å². The Hall–Kier alpha value is -0.0400. The average molecular weight is 142 g/mol. The highest BCUT2D eigenvalue weighted by Crippen LogP contribution is 2.36. The smallest absolute Gasteiger partial charge is 0.0886 e. The summed E-state index contributed by atoms with van der Waals surface area (Å²) in [5.41, 5.74) is 0. The molecule has 1 aliphatic rings. The van der Waals surface area contributed by atoms with Crippen LogP contribution in [0.1, 0.15) is 26.7 Å². The lowest BCUT2D eigenvalue weighted by Crippen LogP contribution is -2.48. The van der Waals surface area contributed by atoms with Crippen LogP contribution in [0.25, 0.3) is 0 Å². The zero-order valence-corrected chi connectivity index (χ0v) is 7.72. The third kappa shape index (κ3) is 1.51. The Balaban J connectivity index is 2.43. The molecule has 0 spiro atoms. The summed E-state index contributed by atoms with van der Waals surface area (Å²) in [7, 11) is 4.67. The Morgan fingerprint density at radius 1 is 1.40 bits per heavy atom. The van der Waals surface area contributed by atoms with Gasteiger partial charge < -0.3 is 4.48 Å². The van der Waals surface area contributed by atoms with Crippen molar-refractivity contribution in [3.63, 3.8) is 0 Å². The van der Waals surface area contributed by atoms with Crippen molar-refractivity contribution in [2.75, 3.05) is 20.6 Å². The normalized spacial score (nSPS) is 22.8. The maximum absolute atomic E-state index is 2.39. The molecule has 1 rings (SSSR count). The van der Waals surface area contributed by atoms with Crippen molar-refractivity contribution in [2.45, 2.75) is 32.7 Å². The van der Waals surface area contributed by atoms with Gasteiger partial charge in [0.1, 0.15) is 0 Å². The highest BCUT2D eigenvalue weighted by atomic mass is 15.3. The maximum atomic E-state index is 2.39. The van der Waals surface area contributed by atoms with E-state index in [4.69, 9.17) is 0 Å². The molecule has 1 saturated carbocycles. The number of quaternary nitrogens is 1. The van der Waals surface area contributed by atoms with Gasteiger partial charge in [0.05, 0.1) is 26.7 Å². The highest BCUT2D eigenvalue weighted by molar-refractivity contribution is 4.79.